The molecule has 0 radical (unpaired) electrons. The summed E-state index contributed by atoms with van der Waals surface area (Å²) in [6.45, 7) is -1.21. The van der Waals surface area contributed by atoms with Gasteiger partial charge in [0.1, 0.15) is 5.75 Å². The van der Waals surface area contributed by atoms with Crippen molar-refractivity contribution >= 4 is 5.91 Å². The van der Waals surface area contributed by atoms with Crippen molar-refractivity contribution < 1.29 is 23.4 Å². The molecule has 0 spiro atoms. The maximum Gasteiger partial charge on any atom is 0.387 e. The standard InChI is InChI=1S/C11H13F2NO3/c1-7(15)6-14-10(16)8-2-4-9(5-3-8)17-11(12)13/h2-5,7,11,15H,6H2,1H3,(H,14,16). The van der Waals surface area contributed by atoms with Gasteiger partial charge in [0, 0.05) is 12.1 Å². The topological polar surface area (TPSA) is 58.6 Å². The van der Waals surface area contributed by atoms with Crippen molar-refractivity contribution in [1.82, 2.24) is 5.32 Å². The zero-order valence-electron chi connectivity index (χ0n) is 9.19. The third-order valence-electron chi connectivity index (χ3n) is 1.90. The first-order valence-electron chi connectivity index (χ1n) is 5.00. The average molecular weight is 245 g/mol. The number of ether oxygens (including phenoxy) is 1. The molecule has 0 heterocycles. The number of aliphatic hydroxyl groups excluding tert-OH is 1. The third kappa shape index (κ3) is 4.78. The highest BCUT2D eigenvalue weighted by Gasteiger charge is 2.08. The fourth-order valence-electron chi connectivity index (χ4n) is 1.13. The summed E-state index contributed by atoms with van der Waals surface area (Å²) in [5.74, 6) is -0.387. The molecule has 0 saturated heterocycles. The Labute approximate surface area is 97.2 Å². The quantitative estimate of drug-likeness (QED) is 0.824. The maximum absolute atomic E-state index is 11.9. The molecule has 1 aromatic rings. The summed E-state index contributed by atoms with van der Waals surface area (Å²) in [4.78, 5) is 11.5. The van der Waals surface area contributed by atoms with Gasteiger partial charge in [-0.15, -0.1) is 0 Å². The van der Waals surface area contributed by atoms with Crippen LogP contribution in [0.4, 0.5) is 8.78 Å². The lowest BCUT2D eigenvalue weighted by Crippen LogP contribution is -2.30. The van der Waals surface area contributed by atoms with Gasteiger partial charge in [-0.3, -0.25) is 4.79 Å². The Hall–Kier alpha value is -1.69. The monoisotopic (exact) mass is 245 g/mol. The van der Waals surface area contributed by atoms with Gasteiger partial charge in [-0.2, -0.15) is 8.78 Å². The zero-order valence-corrected chi connectivity index (χ0v) is 9.19. The summed E-state index contributed by atoms with van der Waals surface area (Å²) in [6, 6.07) is 5.30. The number of aliphatic hydroxyl groups is 1. The number of alkyl halides is 2. The second-order valence-electron chi connectivity index (χ2n) is 3.46. The van der Waals surface area contributed by atoms with Crippen molar-refractivity contribution in [2.45, 2.75) is 19.6 Å². The van der Waals surface area contributed by atoms with E-state index in [-0.39, 0.29) is 18.2 Å². The van der Waals surface area contributed by atoms with Crippen LogP contribution in [-0.4, -0.2) is 30.3 Å². The van der Waals surface area contributed by atoms with Gasteiger partial charge in [0.25, 0.3) is 5.91 Å². The van der Waals surface area contributed by atoms with Crippen LogP contribution in [0, 0.1) is 0 Å². The molecule has 0 saturated carbocycles. The van der Waals surface area contributed by atoms with E-state index in [4.69, 9.17) is 5.11 Å². The smallest absolute Gasteiger partial charge is 0.387 e. The number of carbonyl (C=O) groups is 1. The van der Waals surface area contributed by atoms with Crippen molar-refractivity contribution in [3.05, 3.63) is 29.8 Å². The number of amides is 1. The van der Waals surface area contributed by atoms with Gasteiger partial charge < -0.3 is 15.2 Å². The van der Waals surface area contributed by atoms with E-state index in [2.05, 4.69) is 10.1 Å². The number of nitrogens with one attached hydrogen (secondary N) is 1. The van der Waals surface area contributed by atoms with E-state index in [1.54, 1.807) is 6.92 Å². The van der Waals surface area contributed by atoms with Crippen LogP contribution in [0.25, 0.3) is 0 Å². The second-order valence-corrected chi connectivity index (χ2v) is 3.46. The van der Waals surface area contributed by atoms with Gasteiger partial charge >= 0.3 is 6.61 Å². The summed E-state index contributed by atoms with van der Waals surface area (Å²) in [7, 11) is 0. The second kappa shape index (κ2) is 6.15. The molecule has 0 aliphatic rings. The normalized spacial score (nSPS) is 12.3. The fourth-order valence-corrected chi connectivity index (χ4v) is 1.13. The Morgan fingerprint density at radius 1 is 1.41 bits per heavy atom. The Bertz CT molecular complexity index is 365. The first-order valence-corrected chi connectivity index (χ1v) is 5.00. The average Bonchev–Trinajstić information content (AvgIpc) is 2.26. The predicted octanol–water partition coefficient (Wildman–Crippen LogP) is 1.40. The lowest BCUT2D eigenvalue weighted by molar-refractivity contribution is -0.0498. The van der Waals surface area contributed by atoms with E-state index in [1.807, 2.05) is 0 Å². The first-order chi connectivity index (χ1) is 7.99. The van der Waals surface area contributed by atoms with Crippen LogP contribution in [0.5, 0.6) is 5.75 Å². The number of rotatable bonds is 5. The van der Waals surface area contributed by atoms with E-state index >= 15 is 0 Å². The van der Waals surface area contributed by atoms with Crippen LogP contribution < -0.4 is 10.1 Å². The summed E-state index contributed by atoms with van der Waals surface area (Å²) >= 11 is 0. The summed E-state index contributed by atoms with van der Waals surface area (Å²) in [6.07, 6.45) is -0.639. The summed E-state index contributed by atoms with van der Waals surface area (Å²) in [5.41, 5.74) is 0.312. The van der Waals surface area contributed by atoms with Crippen LogP contribution in [0.15, 0.2) is 24.3 Å². The highest BCUT2D eigenvalue weighted by Crippen LogP contribution is 2.14. The van der Waals surface area contributed by atoms with Gasteiger partial charge in [0.05, 0.1) is 6.10 Å². The summed E-state index contributed by atoms with van der Waals surface area (Å²) < 4.78 is 27.9. The molecule has 1 amide bonds. The largest absolute Gasteiger partial charge is 0.435 e. The van der Waals surface area contributed by atoms with Gasteiger partial charge in [-0.05, 0) is 31.2 Å². The lowest BCUT2D eigenvalue weighted by atomic mass is 10.2. The zero-order chi connectivity index (χ0) is 12.8. The predicted molar refractivity (Wildman–Crippen MR) is 57.1 cm³/mol. The van der Waals surface area contributed by atoms with Crippen molar-refractivity contribution in [2.75, 3.05) is 6.54 Å². The Morgan fingerprint density at radius 3 is 2.47 bits per heavy atom. The number of benzene rings is 1. The minimum absolute atomic E-state index is 0.00734. The molecule has 2 N–H and O–H groups in total. The van der Waals surface area contributed by atoms with Gasteiger partial charge in [0.2, 0.25) is 0 Å². The highest BCUT2D eigenvalue weighted by atomic mass is 19.3. The Morgan fingerprint density at radius 2 is 2.00 bits per heavy atom. The van der Waals surface area contributed by atoms with Crippen LogP contribution >= 0.6 is 0 Å². The molecule has 94 valence electrons. The van der Waals surface area contributed by atoms with Crippen molar-refractivity contribution in [2.24, 2.45) is 0 Å². The molecule has 1 unspecified atom stereocenters. The molecule has 1 rings (SSSR count). The van der Waals surface area contributed by atoms with Crippen LogP contribution in [0.3, 0.4) is 0 Å². The van der Waals surface area contributed by atoms with Crippen molar-refractivity contribution in [1.29, 1.82) is 0 Å². The number of hydrogen-bond donors (Lipinski definition) is 2. The molecule has 0 aliphatic carbocycles. The fraction of sp³-hybridized carbons (Fsp3) is 0.364. The number of hydrogen-bond acceptors (Lipinski definition) is 3. The molecule has 0 aliphatic heterocycles. The van der Waals surface area contributed by atoms with Gasteiger partial charge in [0.15, 0.2) is 0 Å². The van der Waals surface area contributed by atoms with Crippen molar-refractivity contribution in [3.63, 3.8) is 0 Å². The van der Waals surface area contributed by atoms with Crippen LogP contribution in [0.2, 0.25) is 0 Å². The molecule has 6 heteroatoms. The number of halogens is 2. The molecule has 0 bridgehead atoms. The molecular formula is C11H13F2NO3. The van der Waals surface area contributed by atoms with E-state index in [0.717, 1.165) is 0 Å². The molecular weight excluding hydrogens is 232 g/mol. The van der Waals surface area contributed by atoms with Gasteiger partial charge in [-0.25, -0.2) is 0 Å². The Kier molecular flexibility index (Phi) is 4.84. The van der Waals surface area contributed by atoms with E-state index in [0.29, 0.717) is 5.56 Å². The third-order valence-corrected chi connectivity index (χ3v) is 1.90. The molecule has 1 atom stereocenters. The minimum Gasteiger partial charge on any atom is -0.435 e. The molecule has 4 nitrogen and oxygen atoms in total. The maximum atomic E-state index is 11.9. The molecule has 17 heavy (non-hydrogen) atoms. The van der Waals surface area contributed by atoms with Crippen LogP contribution in [0.1, 0.15) is 17.3 Å². The highest BCUT2D eigenvalue weighted by molar-refractivity contribution is 5.94. The summed E-state index contributed by atoms with van der Waals surface area (Å²) in [5, 5.41) is 11.5. The van der Waals surface area contributed by atoms with E-state index < -0.39 is 12.7 Å². The minimum atomic E-state index is -2.88. The molecule has 1 aromatic carbocycles. The SMILES string of the molecule is CC(O)CNC(=O)c1ccc(OC(F)F)cc1. The first kappa shape index (κ1) is 13.4. The molecule has 0 fully saturated rings. The van der Waals surface area contributed by atoms with Gasteiger partial charge in [-0.1, -0.05) is 0 Å². The Balaban J connectivity index is 2.57. The van der Waals surface area contributed by atoms with E-state index in [9.17, 15) is 13.6 Å². The molecule has 0 aromatic heterocycles. The lowest BCUT2D eigenvalue weighted by Gasteiger charge is -2.08. The van der Waals surface area contributed by atoms with Crippen molar-refractivity contribution in [3.8, 4) is 5.75 Å². The van der Waals surface area contributed by atoms with Crippen LogP contribution in [-0.2, 0) is 0 Å². The van der Waals surface area contributed by atoms with E-state index in [1.165, 1.54) is 24.3 Å². The number of carbonyl (C=O) groups excluding carboxylic acids is 1.